The Bertz CT molecular complexity index is 578. The van der Waals surface area contributed by atoms with Crippen LogP contribution in [-0.2, 0) is 13.5 Å². The van der Waals surface area contributed by atoms with E-state index in [1.807, 2.05) is 6.92 Å². The van der Waals surface area contributed by atoms with E-state index in [0.29, 0.717) is 16.8 Å². The van der Waals surface area contributed by atoms with Crippen molar-refractivity contribution in [2.45, 2.75) is 19.4 Å². The molecule has 1 aromatic heterocycles. The van der Waals surface area contributed by atoms with E-state index in [4.69, 9.17) is 0 Å². The zero-order chi connectivity index (χ0) is 14.7. The van der Waals surface area contributed by atoms with Gasteiger partial charge in [0, 0.05) is 22.5 Å². The van der Waals surface area contributed by atoms with Gasteiger partial charge in [0.1, 0.15) is 11.6 Å². The van der Waals surface area contributed by atoms with Gasteiger partial charge in [0.15, 0.2) is 5.82 Å². The fourth-order valence-electron chi connectivity index (χ4n) is 2.00. The van der Waals surface area contributed by atoms with Crippen molar-refractivity contribution in [1.29, 1.82) is 0 Å². The summed E-state index contributed by atoms with van der Waals surface area (Å²) in [7, 11) is 1.64. The Balaban J connectivity index is 2.33. The second kappa shape index (κ2) is 6.36. The maximum absolute atomic E-state index is 14.0. The van der Waals surface area contributed by atoms with Crippen molar-refractivity contribution in [3.8, 4) is 0 Å². The molecule has 0 bridgehead atoms. The molecule has 1 atom stereocenters. The number of rotatable bonds is 5. The lowest BCUT2D eigenvalue weighted by Gasteiger charge is -2.18. The van der Waals surface area contributed by atoms with Crippen LogP contribution in [0.1, 0.15) is 24.4 Å². The molecule has 0 saturated carbocycles. The Hall–Kier alpha value is -1.41. The van der Waals surface area contributed by atoms with Crippen LogP contribution >= 0.6 is 15.9 Å². The lowest BCUT2D eigenvalue weighted by Crippen LogP contribution is -2.25. The number of aromatic nitrogens is 4. The first-order chi connectivity index (χ1) is 9.51. The molecule has 1 aromatic carbocycles. The van der Waals surface area contributed by atoms with Crippen LogP contribution < -0.4 is 5.32 Å². The molecule has 0 radical (unpaired) electrons. The van der Waals surface area contributed by atoms with Gasteiger partial charge in [-0.25, -0.2) is 8.78 Å². The molecule has 1 N–H and O–H groups in total. The molecule has 0 amide bonds. The first-order valence-corrected chi connectivity index (χ1v) is 6.91. The van der Waals surface area contributed by atoms with Gasteiger partial charge in [0.05, 0.1) is 7.05 Å². The standard InChI is InChI=1S/C12H14BrF2N5/c1-3-16-10(6-11-17-19-20(2)18-11)12-8(14)4-7(13)5-9(12)15/h4-5,10,16H,3,6H2,1-2H3. The molecule has 20 heavy (non-hydrogen) atoms. The van der Waals surface area contributed by atoms with E-state index >= 15 is 0 Å². The minimum Gasteiger partial charge on any atom is -0.310 e. The maximum Gasteiger partial charge on any atom is 0.176 e. The van der Waals surface area contributed by atoms with E-state index in [2.05, 4.69) is 36.7 Å². The Morgan fingerprint density at radius 2 is 2.00 bits per heavy atom. The van der Waals surface area contributed by atoms with Gasteiger partial charge in [-0.1, -0.05) is 22.9 Å². The second-order valence-electron chi connectivity index (χ2n) is 4.29. The highest BCUT2D eigenvalue weighted by Gasteiger charge is 2.22. The summed E-state index contributed by atoms with van der Waals surface area (Å²) in [6, 6.07) is 1.94. The van der Waals surface area contributed by atoms with Crippen molar-refractivity contribution in [1.82, 2.24) is 25.5 Å². The van der Waals surface area contributed by atoms with Crippen molar-refractivity contribution < 1.29 is 8.78 Å². The van der Waals surface area contributed by atoms with Crippen LogP contribution in [0.15, 0.2) is 16.6 Å². The SMILES string of the molecule is CCNC(Cc1nnn(C)n1)c1c(F)cc(Br)cc1F. The maximum atomic E-state index is 14.0. The smallest absolute Gasteiger partial charge is 0.176 e. The third-order valence-electron chi connectivity index (χ3n) is 2.78. The average Bonchev–Trinajstić information content (AvgIpc) is 2.73. The molecule has 5 nitrogen and oxygen atoms in total. The van der Waals surface area contributed by atoms with Crippen molar-refractivity contribution in [3.05, 3.63) is 39.6 Å². The first kappa shape index (κ1) is 15.0. The molecule has 0 saturated heterocycles. The molecule has 2 rings (SSSR count). The van der Waals surface area contributed by atoms with Crippen LogP contribution in [0.2, 0.25) is 0 Å². The van der Waals surface area contributed by atoms with Crippen LogP contribution in [0, 0.1) is 11.6 Å². The van der Waals surface area contributed by atoms with Gasteiger partial charge >= 0.3 is 0 Å². The number of hydrogen-bond acceptors (Lipinski definition) is 4. The third-order valence-corrected chi connectivity index (χ3v) is 3.24. The number of nitrogens with one attached hydrogen (secondary N) is 1. The monoisotopic (exact) mass is 345 g/mol. The fourth-order valence-corrected chi connectivity index (χ4v) is 2.40. The number of aryl methyl sites for hydroxylation is 1. The van der Waals surface area contributed by atoms with E-state index in [1.54, 1.807) is 7.05 Å². The van der Waals surface area contributed by atoms with Crippen LogP contribution in [0.4, 0.5) is 8.78 Å². The normalized spacial score (nSPS) is 12.7. The van der Waals surface area contributed by atoms with Gasteiger partial charge in [-0.05, 0) is 23.9 Å². The van der Waals surface area contributed by atoms with Crippen molar-refractivity contribution in [3.63, 3.8) is 0 Å². The molecule has 2 aromatic rings. The third kappa shape index (κ3) is 3.37. The van der Waals surface area contributed by atoms with E-state index in [0.717, 1.165) is 0 Å². The van der Waals surface area contributed by atoms with Crippen LogP contribution in [-0.4, -0.2) is 26.8 Å². The summed E-state index contributed by atoms with van der Waals surface area (Å²) >= 11 is 3.07. The lowest BCUT2D eigenvalue weighted by atomic mass is 10.0. The average molecular weight is 346 g/mol. The largest absolute Gasteiger partial charge is 0.310 e. The van der Waals surface area contributed by atoms with Gasteiger partial charge in [0.25, 0.3) is 0 Å². The molecule has 1 heterocycles. The summed E-state index contributed by atoms with van der Waals surface area (Å²) in [5.74, 6) is -0.779. The van der Waals surface area contributed by atoms with Gasteiger partial charge in [0.2, 0.25) is 0 Å². The van der Waals surface area contributed by atoms with Crippen LogP contribution in [0.25, 0.3) is 0 Å². The zero-order valence-electron chi connectivity index (χ0n) is 11.1. The van der Waals surface area contributed by atoms with Gasteiger partial charge < -0.3 is 5.32 Å². The zero-order valence-corrected chi connectivity index (χ0v) is 12.7. The summed E-state index contributed by atoms with van der Waals surface area (Å²) in [6.07, 6.45) is 0.261. The number of hydrogen-bond donors (Lipinski definition) is 1. The number of likely N-dealkylation sites (N-methyl/N-ethyl adjacent to an activating group) is 1. The topological polar surface area (TPSA) is 55.6 Å². The molecule has 108 valence electrons. The Labute approximate surface area is 123 Å². The Morgan fingerprint density at radius 1 is 1.35 bits per heavy atom. The molecule has 0 spiro atoms. The minimum atomic E-state index is -0.605. The molecule has 0 aliphatic heterocycles. The van der Waals surface area contributed by atoms with Gasteiger partial charge in [-0.2, -0.15) is 4.80 Å². The molecule has 0 aliphatic rings. The van der Waals surface area contributed by atoms with Crippen LogP contribution in [0.3, 0.4) is 0 Å². The summed E-state index contributed by atoms with van der Waals surface area (Å²) in [5, 5.41) is 14.6. The second-order valence-corrected chi connectivity index (χ2v) is 5.21. The number of nitrogens with zero attached hydrogens (tertiary/aromatic N) is 4. The minimum absolute atomic E-state index is 0.0116. The number of halogens is 3. The molecule has 1 unspecified atom stereocenters. The van der Waals surface area contributed by atoms with E-state index in [9.17, 15) is 8.78 Å². The predicted molar refractivity (Wildman–Crippen MR) is 73.0 cm³/mol. The highest BCUT2D eigenvalue weighted by Crippen LogP contribution is 2.26. The van der Waals surface area contributed by atoms with E-state index in [1.165, 1.54) is 16.9 Å². The molecule has 0 fully saturated rings. The van der Waals surface area contributed by atoms with Crippen LogP contribution in [0.5, 0.6) is 0 Å². The van der Waals surface area contributed by atoms with Gasteiger partial charge in [-0.15, -0.1) is 10.2 Å². The quantitative estimate of drug-likeness (QED) is 0.901. The van der Waals surface area contributed by atoms with Crippen molar-refractivity contribution in [2.24, 2.45) is 7.05 Å². The predicted octanol–water partition coefficient (Wildman–Crippen LogP) is 2.14. The number of tetrazole rings is 1. The first-order valence-electron chi connectivity index (χ1n) is 6.12. The molecule has 8 heteroatoms. The van der Waals surface area contributed by atoms with E-state index < -0.39 is 17.7 Å². The highest BCUT2D eigenvalue weighted by atomic mass is 79.9. The van der Waals surface area contributed by atoms with Crippen molar-refractivity contribution >= 4 is 15.9 Å². The summed E-state index contributed by atoms with van der Waals surface area (Å²) in [6.45, 7) is 2.44. The Morgan fingerprint density at radius 3 is 2.50 bits per heavy atom. The summed E-state index contributed by atoms with van der Waals surface area (Å²) in [4.78, 5) is 1.31. The van der Waals surface area contributed by atoms with Crippen molar-refractivity contribution in [2.75, 3.05) is 6.54 Å². The summed E-state index contributed by atoms with van der Waals surface area (Å²) < 4.78 is 28.4. The molecule has 0 aliphatic carbocycles. The fraction of sp³-hybridized carbons (Fsp3) is 0.417. The number of benzene rings is 1. The van der Waals surface area contributed by atoms with E-state index in [-0.39, 0.29) is 12.0 Å². The highest BCUT2D eigenvalue weighted by molar-refractivity contribution is 9.10. The molecular weight excluding hydrogens is 332 g/mol. The lowest BCUT2D eigenvalue weighted by molar-refractivity contribution is 0.466. The van der Waals surface area contributed by atoms with Gasteiger partial charge in [-0.3, -0.25) is 0 Å². The summed E-state index contributed by atoms with van der Waals surface area (Å²) in [5.41, 5.74) is -0.0116. The molecular formula is C12H14BrF2N5. The Kier molecular flexibility index (Phi) is 4.77.